The van der Waals surface area contributed by atoms with Gasteiger partial charge in [0, 0.05) is 39.8 Å². The molecule has 3 aromatic carbocycles. The molecule has 0 saturated carbocycles. The number of hydrogen-bond acceptors (Lipinski definition) is 1. The van der Waals surface area contributed by atoms with Crippen molar-refractivity contribution in [1.29, 1.82) is 0 Å². The summed E-state index contributed by atoms with van der Waals surface area (Å²) in [6, 6.07) is 26.2. The summed E-state index contributed by atoms with van der Waals surface area (Å²) in [5.41, 5.74) is 19.0. The van der Waals surface area contributed by atoms with Crippen molar-refractivity contribution in [2.24, 2.45) is 17.8 Å². The fourth-order valence-corrected chi connectivity index (χ4v) is 11.5. The molecule has 4 aromatic rings. The molecule has 3 unspecified atom stereocenters. The van der Waals surface area contributed by atoms with Crippen LogP contribution in [0, 0.1) is 17.8 Å². The third kappa shape index (κ3) is 5.59. The molecule has 0 N–H and O–H groups in total. The molecule has 7 aliphatic rings. The van der Waals surface area contributed by atoms with Gasteiger partial charge in [0.15, 0.2) is 0 Å². The summed E-state index contributed by atoms with van der Waals surface area (Å²) in [6.45, 7) is 4.91. The van der Waals surface area contributed by atoms with Gasteiger partial charge >= 0.3 is 0 Å². The number of benzene rings is 3. The van der Waals surface area contributed by atoms with E-state index in [1.54, 1.807) is 0 Å². The number of hydrogen-bond donors (Lipinski definition) is 0. The second kappa shape index (κ2) is 13.7. The minimum atomic E-state index is 0.430. The van der Waals surface area contributed by atoms with Crippen LogP contribution in [0.3, 0.4) is 0 Å². The lowest BCUT2D eigenvalue weighted by Crippen LogP contribution is -2.41. The van der Waals surface area contributed by atoms with Gasteiger partial charge in [0.2, 0.25) is 0 Å². The highest BCUT2D eigenvalue weighted by Gasteiger charge is 2.45. The number of allylic oxidation sites excluding steroid dienone is 19. The van der Waals surface area contributed by atoms with E-state index in [9.17, 15) is 0 Å². The van der Waals surface area contributed by atoms with Gasteiger partial charge in [-0.1, -0.05) is 117 Å². The fourth-order valence-electron chi connectivity index (χ4n) is 11.5. The Kier molecular flexibility index (Phi) is 8.30. The van der Waals surface area contributed by atoms with Crippen molar-refractivity contribution in [2.75, 3.05) is 4.90 Å². The molecule has 5 atom stereocenters. The average molecular weight is 729 g/mol. The second-order valence-electron chi connectivity index (χ2n) is 17.5. The molecule has 278 valence electrons. The predicted molar refractivity (Wildman–Crippen MR) is 237 cm³/mol. The zero-order chi connectivity index (χ0) is 37.3. The Morgan fingerprint density at radius 1 is 0.589 bits per heavy atom. The van der Waals surface area contributed by atoms with Crippen molar-refractivity contribution in [1.82, 2.24) is 4.57 Å². The molecular formula is C54H52N2. The molecule has 2 heterocycles. The van der Waals surface area contributed by atoms with Gasteiger partial charge in [-0.15, -0.1) is 0 Å². The van der Waals surface area contributed by atoms with E-state index in [1.807, 2.05) is 0 Å². The maximum absolute atomic E-state index is 2.76. The topological polar surface area (TPSA) is 8.17 Å². The zero-order valence-corrected chi connectivity index (χ0v) is 32.9. The molecule has 0 spiro atoms. The highest BCUT2D eigenvalue weighted by molar-refractivity contribution is 6.11. The van der Waals surface area contributed by atoms with Crippen molar-refractivity contribution in [2.45, 2.75) is 83.6 Å². The second-order valence-corrected chi connectivity index (χ2v) is 17.5. The van der Waals surface area contributed by atoms with Gasteiger partial charge in [-0.25, -0.2) is 0 Å². The first kappa shape index (κ1) is 34.0. The number of rotatable bonds is 5. The largest absolute Gasteiger partial charge is 0.341 e. The van der Waals surface area contributed by atoms with Crippen LogP contribution in [0.1, 0.15) is 88.7 Å². The van der Waals surface area contributed by atoms with Crippen molar-refractivity contribution < 1.29 is 0 Å². The lowest BCUT2D eigenvalue weighted by atomic mass is 9.74. The van der Waals surface area contributed by atoms with E-state index in [1.165, 1.54) is 103 Å². The Morgan fingerprint density at radius 2 is 1.34 bits per heavy atom. The van der Waals surface area contributed by atoms with E-state index < -0.39 is 0 Å². The normalized spacial score (nSPS) is 27.0. The average Bonchev–Trinajstić information content (AvgIpc) is 3.77. The maximum Gasteiger partial charge on any atom is 0.0538 e. The summed E-state index contributed by atoms with van der Waals surface area (Å²) < 4.78 is 2.55. The number of anilines is 1. The first-order valence-electron chi connectivity index (χ1n) is 21.4. The summed E-state index contributed by atoms with van der Waals surface area (Å²) >= 11 is 0. The molecule has 1 aliphatic heterocycles. The van der Waals surface area contributed by atoms with Crippen LogP contribution in [0.4, 0.5) is 5.69 Å². The van der Waals surface area contributed by atoms with E-state index in [4.69, 9.17) is 0 Å². The minimum Gasteiger partial charge on any atom is -0.341 e. The van der Waals surface area contributed by atoms with Gasteiger partial charge in [-0.3, -0.25) is 0 Å². The van der Waals surface area contributed by atoms with Crippen LogP contribution < -0.4 is 4.90 Å². The molecule has 0 radical (unpaired) electrons. The van der Waals surface area contributed by atoms with Gasteiger partial charge in [0.25, 0.3) is 0 Å². The van der Waals surface area contributed by atoms with Crippen molar-refractivity contribution in [3.05, 3.63) is 184 Å². The first-order valence-corrected chi connectivity index (χ1v) is 21.4. The van der Waals surface area contributed by atoms with Gasteiger partial charge < -0.3 is 9.47 Å². The van der Waals surface area contributed by atoms with Crippen LogP contribution >= 0.6 is 0 Å². The molecular weight excluding hydrogens is 677 g/mol. The van der Waals surface area contributed by atoms with Crippen LogP contribution in [-0.4, -0.2) is 10.6 Å². The third-order valence-electron chi connectivity index (χ3n) is 14.3. The summed E-state index contributed by atoms with van der Waals surface area (Å²) in [7, 11) is 0. The van der Waals surface area contributed by atoms with Crippen molar-refractivity contribution in [3.8, 4) is 0 Å². The Hall–Kier alpha value is -5.34. The van der Waals surface area contributed by atoms with Crippen LogP contribution in [0.2, 0.25) is 0 Å². The van der Waals surface area contributed by atoms with Crippen molar-refractivity contribution >= 4 is 38.8 Å². The molecule has 0 fully saturated rings. The zero-order valence-electron chi connectivity index (χ0n) is 32.9. The number of aromatic nitrogens is 1. The smallest absolute Gasteiger partial charge is 0.0538 e. The molecule has 1 aromatic heterocycles. The molecule has 6 aliphatic carbocycles. The molecule has 56 heavy (non-hydrogen) atoms. The van der Waals surface area contributed by atoms with E-state index in [0.717, 1.165) is 38.5 Å². The van der Waals surface area contributed by atoms with Crippen LogP contribution in [-0.2, 0) is 0 Å². The van der Waals surface area contributed by atoms with E-state index in [2.05, 4.69) is 163 Å². The van der Waals surface area contributed by atoms with Gasteiger partial charge in [-0.05, 0) is 157 Å². The summed E-state index contributed by atoms with van der Waals surface area (Å²) in [5.74, 6) is 2.22. The van der Waals surface area contributed by atoms with Gasteiger partial charge in [0.1, 0.15) is 0 Å². The highest BCUT2D eigenvalue weighted by atomic mass is 15.2. The third-order valence-corrected chi connectivity index (χ3v) is 14.3. The maximum atomic E-state index is 2.76. The number of fused-ring (bicyclic) bond motifs is 7. The van der Waals surface area contributed by atoms with Crippen LogP contribution in [0.15, 0.2) is 173 Å². The van der Waals surface area contributed by atoms with E-state index in [-0.39, 0.29) is 0 Å². The lowest BCUT2D eigenvalue weighted by Gasteiger charge is -2.41. The number of nitrogens with zero attached hydrogens (tertiary/aromatic N) is 2. The minimum absolute atomic E-state index is 0.430. The van der Waals surface area contributed by atoms with Crippen LogP contribution in [0.5, 0.6) is 0 Å². The fraction of sp³-hybridized carbons (Fsp3) is 0.296. The summed E-state index contributed by atoms with van der Waals surface area (Å²) in [5, 5.41) is 2.71. The van der Waals surface area contributed by atoms with Gasteiger partial charge in [0.05, 0.1) is 11.0 Å². The Labute approximate surface area is 332 Å². The molecule has 0 bridgehead atoms. The van der Waals surface area contributed by atoms with Gasteiger partial charge in [-0.2, -0.15) is 0 Å². The predicted octanol–water partition coefficient (Wildman–Crippen LogP) is 14.1. The Balaban J connectivity index is 0.915. The molecule has 2 nitrogen and oxygen atoms in total. The van der Waals surface area contributed by atoms with E-state index in [0.29, 0.717) is 29.7 Å². The quantitative estimate of drug-likeness (QED) is 0.199. The SMILES string of the molecule is C[C@@H]1C=C(c2ccc3c(c2)c2ccccc2n3C2=CC=C(C3=CC=C(C4=CC=CCC4)CC3)CC2)CC2c3ccccc3N(C3=CC=C4C=CC[C@@H](C)C4C3)C21. The Bertz CT molecular complexity index is 2620. The molecule has 0 amide bonds. The van der Waals surface area contributed by atoms with Crippen LogP contribution in [0.25, 0.3) is 33.1 Å². The number of para-hydroxylation sites is 2. The lowest BCUT2D eigenvalue weighted by molar-refractivity contribution is 0.385. The van der Waals surface area contributed by atoms with Crippen molar-refractivity contribution in [3.63, 3.8) is 0 Å². The Morgan fingerprint density at radius 3 is 2.14 bits per heavy atom. The molecule has 0 saturated heterocycles. The summed E-state index contributed by atoms with van der Waals surface area (Å²) in [6.07, 6.45) is 38.9. The van der Waals surface area contributed by atoms with E-state index >= 15 is 0 Å². The first-order chi connectivity index (χ1) is 27.6. The standard InChI is InChI=1S/C54H52N2/c1-35-11-10-14-41-25-29-45(34-48(35)41)56-52-18-9-7-16-47(52)50-33-43(31-36(2)54(50)56)42-26-30-53-49(32-42)46-15-6-8-17-51(46)55(53)44-27-23-40(24-28-44)39-21-19-38(20-22-39)37-12-4-3-5-13-37/h3-4,6-10,12,14-19,21,23,25-27,29-32,35-36,48,50,54H,5,11,13,20,22,24,28,33-34H2,1-2H3/t35-,36-,48?,50?,54?/m1/s1. The molecule has 2 heteroatoms. The monoisotopic (exact) mass is 728 g/mol. The molecule has 11 rings (SSSR count). The summed E-state index contributed by atoms with van der Waals surface area (Å²) in [4.78, 5) is 2.76. The highest BCUT2D eigenvalue weighted by Crippen LogP contribution is 2.54.